The number of nitrogens with zero attached hydrogens (tertiary/aromatic N) is 1. The van der Waals surface area contributed by atoms with Crippen LogP contribution in [0.1, 0.15) is 52.4 Å². The number of hydrogen-bond donors (Lipinski definition) is 1. The van der Waals surface area contributed by atoms with Gasteiger partial charge in [-0.25, -0.2) is 9.59 Å². The third-order valence-electron chi connectivity index (χ3n) is 3.56. The number of aromatic nitrogens is 1. The van der Waals surface area contributed by atoms with Crippen LogP contribution in [-0.2, 0) is 21.3 Å². The van der Waals surface area contributed by atoms with Crippen LogP contribution >= 0.6 is 11.3 Å². The second-order valence-electron chi connectivity index (χ2n) is 5.90. The van der Waals surface area contributed by atoms with Crippen molar-refractivity contribution in [2.75, 3.05) is 18.5 Å². The molecule has 2 rings (SSSR count). The predicted octanol–water partition coefficient (Wildman–Crippen LogP) is 3.18. The average Bonchev–Trinajstić information content (AvgIpc) is 3.19. The third-order valence-corrected chi connectivity index (χ3v) is 4.91. The molecule has 0 unspecified atom stereocenters. The van der Waals surface area contributed by atoms with Crippen LogP contribution in [0.3, 0.4) is 0 Å². The Balaban J connectivity index is 2.04. The van der Waals surface area contributed by atoms with Crippen LogP contribution in [0.15, 0.2) is 24.4 Å². The van der Waals surface area contributed by atoms with E-state index in [0.29, 0.717) is 16.3 Å². The zero-order chi connectivity index (χ0) is 19.3. The number of nitrogens with one attached hydrogen (secondary N) is 1. The number of hydrogen-bond acceptors (Lipinski definition) is 6. The molecular weight excluding hydrogens is 356 g/mol. The molecule has 0 bridgehead atoms. The number of thiophene rings is 1. The molecule has 0 saturated carbocycles. The molecule has 26 heavy (non-hydrogen) atoms. The first-order valence-electron chi connectivity index (χ1n) is 8.22. The van der Waals surface area contributed by atoms with Crippen LogP contribution in [0.2, 0.25) is 0 Å². The molecule has 0 aliphatic carbocycles. The second-order valence-corrected chi connectivity index (χ2v) is 6.98. The minimum atomic E-state index is -0.590. The quantitative estimate of drug-likeness (QED) is 0.748. The first-order chi connectivity index (χ1) is 12.3. The van der Waals surface area contributed by atoms with Gasteiger partial charge in [-0.05, 0) is 31.0 Å². The van der Waals surface area contributed by atoms with Crippen molar-refractivity contribution in [3.05, 3.63) is 40.5 Å². The molecule has 140 valence electrons. The Labute approximate surface area is 155 Å². The lowest BCUT2D eigenvalue weighted by atomic mass is 10.1. The summed E-state index contributed by atoms with van der Waals surface area (Å²) in [5.41, 5.74) is 0.658. The number of amides is 1. The molecule has 0 aliphatic rings. The van der Waals surface area contributed by atoms with E-state index in [0.717, 1.165) is 4.88 Å². The zero-order valence-corrected chi connectivity index (χ0v) is 16.0. The summed E-state index contributed by atoms with van der Waals surface area (Å²) in [6.45, 7) is 5.51. The van der Waals surface area contributed by atoms with Crippen LogP contribution in [0.5, 0.6) is 0 Å². The Bertz CT molecular complexity index is 806. The van der Waals surface area contributed by atoms with Crippen molar-refractivity contribution in [3.8, 4) is 0 Å². The Kier molecular flexibility index (Phi) is 6.57. The number of rotatable bonds is 7. The van der Waals surface area contributed by atoms with Crippen molar-refractivity contribution in [1.82, 2.24) is 4.57 Å². The lowest BCUT2D eigenvalue weighted by Crippen LogP contribution is -2.22. The predicted molar refractivity (Wildman–Crippen MR) is 98.7 cm³/mol. The van der Waals surface area contributed by atoms with Gasteiger partial charge in [0.25, 0.3) is 5.91 Å². The van der Waals surface area contributed by atoms with Crippen molar-refractivity contribution in [1.29, 1.82) is 0 Å². The van der Waals surface area contributed by atoms with Crippen LogP contribution in [0, 0.1) is 0 Å². The number of anilines is 1. The molecule has 0 radical (unpaired) electrons. The fraction of sp³-hybridized carbons (Fsp3) is 0.389. The third kappa shape index (κ3) is 4.72. The highest BCUT2D eigenvalue weighted by atomic mass is 32.1. The molecule has 8 heteroatoms. The van der Waals surface area contributed by atoms with Gasteiger partial charge in [-0.2, -0.15) is 0 Å². The maximum absolute atomic E-state index is 12.1. The Hall–Kier alpha value is -2.61. The van der Waals surface area contributed by atoms with Gasteiger partial charge >= 0.3 is 11.9 Å². The second kappa shape index (κ2) is 8.66. The topological polar surface area (TPSA) is 86.6 Å². The van der Waals surface area contributed by atoms with E-state index < -0.39 is 24.5 Å². The van der Waals surface area contributed by atoms with Gasteiger partial charge in [0.15, 0.2) is 6.61 Å². The maximum atomic E-state index is 12.1. The van der Waals surface area contributed by atoms with E-state index in [2.05, 4.69) is 5.32 Å². The van der Waals surface area contributed by atoms with E-state index in [-0.39, 0.29) is 12.5 Å². The van der Waals surface area contributed by atoms with Gasteiger partial charge in [0.05, 0.1) is 12.2 Å². The summed E-state index contributed by atoms with van der Waals surface area (Å²) in [6.07, 6.45) is 1.71. The summed E-state index contributed by atoms with van der Waals surface area (Å²) in [5.74, 6) is -1.40. The minimum absolute atomic E-state index is 0.203. The molecule has 2 aromatic rings. The van der Waals surface area contributed by atoms with Crippen molar-refractivity contribution in [3.63, 3.8) is 0 Å². The monoisotopic (exact) mass is 378 g/mol. The fourth-order valence-electron chi connectivity index (χ4n) is 2.19. The molecule has 2 heterocycles. The summed E-state index contributed by atoms with van der Waals surface area (Å²) >= 11 is 1.31. The summed E-state index contributed by atoms with van der Waals surface area (Å²) in [7, 11) is 1.71. The van der Waals surface area contributed by atoms with Crippen molar-refractivity contribution >= 4 is 34.2 Å². The zero-order valence-electron chi connectivity index (χ0n) is 15.2. The summed E-state index contributed by atoms with van der Waals surface area (Å²) in [5, 5.41) is 3.03. The highest BCUT2D eigenvalue weighted by molar-refractivity contribution is 7.16. The highest BCUT2D eigenvalue weighted by Crippen LogP contribution is 2.33. The van der Waals surface area contributed by atoms with Gasteiger partial charge in [0.2, 0.25) is 0 Å². The van der Waals surface area contributed by atoms with Crippen LogP contribution < -0.4 is 5.32 Å². The number of carbonyl (C=O) groups excluding carboxylic acids is 3. The Morgan fingerprint density at radius 1 is 1.23 bits per heavy atom. The largest absolute Gasteiger partial charge is 0.462 e. The van der Waals surface area contributed by atoms with Crippen molar-refractivity contribution < 1.29 is 23.9 Å². The molecule has 1 amide bonds. The first kappa shape index (κ1) is 19.7. The van der Waals surface area contributed by atoms with E-state index in [1.54, 1.807) is 42.9 Å². The summed E-state index contributed by atoms with van der Waals surface area (Å²) in [4.78, 5) is 37.1. The molecule has 0 aliphatic heterocycles. The molecule has 0 aromatic carbocycles. The first-order valence-corrected chi connectivity index (χ1v) is 9.04. The molecule has 7 nitrogen and oxygen atoms in total. The smallest absolute Gasteiger partial charge is 0.355 e. The maximum Gasteiger partial charge on any atom is 0.355 e. The fourth-order valence-corrected chi connectivity index (χ4v) is 3.25. The number of aryl methyl sites for hydroxylation is 1. The lowest BCUT2D eigenvalue weighted by Gasteiger charge is -2.07. The molecule has 1 N–H and O–H groups in total. The normalized spacial score (nSPS) is 10.7. The van der Waals surface area contributed by atoms with Gasteiger partial charge in [-0.15, -0.1) is 11.3 Å². The Morgan fingerprint density at radius 3 is 2.54 bits per heavy atom. The van der Waals surface area contributed by atoms with E-state index in [9.17, 15) is 14.4 Å². The standard InChI is InChI=1S/C18H22N2O5S/c1-5-24-17(22)12-9-14(11(2)3)26-16(12)19-15(21)10-25-18(23)13-7-6-8-20(13)4/h6-9,11H,5,10H2,1-4H3,(H,19,21). The van der Waals surface area contributed by atoms with E-state index in [1.165, 1.54) is 11.3 Å². The molecule has 0 atom stereocenters. The van der Waals surface area contributed by atoms with Crippen molar-refractivity contribution in [2.45, 2.75) is 26.7 Å². The SMILES string of the molecule is CCOC(=O)c1cc(C(C)C)sc1NC(=O)COC(=O)c1cccn1C. The number of esters is 2. The summed E-state index contributed by atoms with van der Waals surface area (Å²) in [6, 6.07) is 5.04. The van der Waals surface area contributed by atoms with Gasteiger partial charge in [-0.1, -0.05) is 13.8 Å². The molecule has 0 saturated heterocycles. The van der Waals surface area contributed by atoms with E-state index in [4.69, 9.17) is 9.47 Å². The van der Waals surface area contributed by atoms with Gasteiger partial charge in [0, 0.05) is 18.1 Å². The van der Waals surface area contributed by atoms with Crippen molar-refractivity contribution in [2.24, 2.45) is 7.05 Å². The Morgan fingerprint density at radius 2 is 1.96 bits per heavy atom. The van der Waals surface area contributed by atoms with E-state index >= 15 is 0 Å². The number of carbonyl (C=O) groups is 3. The van der Waals surface area contributed by atoms with Crippen LogP contribution in [-0.4, -0.2) is 35.6 Å². The van der Waals surface area contributed by atoms with Crippen LogP contribution in [0.25, 0.3) is 0 Å². The molecular formula is C18H22N2O5S. The highest BCUT2D eigenvalue weighted by Gasteiger charge is 2.21. The average molecular weight is 378 g/mol. The molecule has 0 spiro atoms. The van der Waals surface area contributed by atoms with Gasteiger partial charge in [0.1, 0.15) is 10.7 Å². The van der Waals surface area contributed by atoms with Gasteiger partial charge < -0.3 is 19.4 Å². The molecule has 2 aromatic heterocycles. The lowest BCUT2D eigenvalue weighted by molar-refractivity contribution is -0.119. The van der Waals surface area contributed by atoms with Gasteiger partial charge in [-0.3, -0.25) is 4.79 Å². The minimum Gasteiger partial charge on any atom is -0.462 e. The molecule has 0 fully saturated rings. The summed E-state index contributed by atoms with van der Waals surface area (Å²) < 4.78 is 11.7. The van der Waals surface area contributed by atoms with Crippen LogP contribution in [0.4, 0.5) is 5.00 Å². The number of ether oxygens (including phenoxy) is 2. The van der Waals surface area contributed by atoms with E-state index in [1.807, 2.05) is 13.8 Å².